The summed E-state index contributed by atoms with van der Waals surface area (Å²) in [5, 5.41) is 0. The van der Waals surface area contributed by atoms with Crippen LogP contribution < -0.4 is 16.0 Å². The van der Waals surface area contributed by atoms with Crippen LogP contribution in [0.2, 0.25) is 0 Å². The highest BCUT2D eigenvalue weighted by molar-refractivity contribution is 5.33. The summed E-state index contributed by atoms with van der Waals surface area (Å²) >= 11 is 0. The van der Waals surface area contributed by atoms with Gasteiger partial charge in [0.2, 0.25) is 0 Å². The Hall–Kier alpha value is -1.98. The van der Waals surface area contributed by atoms with Gasteiger partial charge in [0.15, 0.2) is 11.6 Å². The van der Waals surface area contributed by atoms with E-state index in [1.165, 1.54) is 7.11 Å². The van der Waals surface area contributed by atoms with Crippen LogP contribution in [0.25, 0.3) is 0 Å². The van der Waals surface area contributed by atoms with Gasteiger partial charge >= 0.3 is 0 Å². The molecule has 0 saturated heterocycles. The summed E-state index contributed by atoms with van der Waals surface area (Å²) in [4.78, 5) is 4.39. The van der Waals surface area contributed by atoms with Gasteiger partial charge in [-0.15, -0.1) is 0 Å². The first kappa shape index (κ1) is 15.4. The van der Waals surface area contributed by atoms with E-state index >= 15 is 0 Å². The Labute approximate surface area is 124 Å². The number of hydrogen-bond donors (Lipinski definition) is 2. The monoisotopic (exact) mass is 289 g/mol. The summed E-state index contributed by atoms with van der Waals surface area (Å²) in [6.45, 7) is 2.06. The summed E-state index contributed by atoms with van der Waals surface area (Å²) in [6.07, 6.45) is 2.98. The van der Waals surface area contributed by atoms with Crippen molar-refractivity contribution in [1.29, 1.82) is 0 Å². The lowest BCUT2D eigenvalue weighted by atomic mass is 9.98. The second-order valence-electron chi connectivity index (χ2n) is 4.76. The smallest absolute Gasteiger partial charge is 0.168 e. The predicted molar refractivity (Wildman–Crippen MR) is 80.3 cm³/mol. The number of nitrogens with two attached hydrogens (primary N) is 1. The van der Waals surface area contributed by atoms with Crippen molar-refractivity contribution in [3.63, 3.8) is 0 Å². The zero-order chi connectivity index (χ0) is 15.2. The second kappa shape index (κ2) is 7.15. The van der Waals surface area contributed by atoms with E-state index in [1.807, 2.05) is 12.1 Å². The SMILES string of the molecule is CCc1cccnc1C(Cc1cccc(OC)c1F)NN. The fourth-order valence-corrected chi connectivity index (χ4v) is 2.39. The number of rotatable bonds is 6. The van der Waals surface area contributed by atoms with Gasteiger partial charge in [-0.2, -0.15) is 0 Å². The zero-order valence-electron chi connectivity index (χ0n) is 12.3. The first-order valence-corrected chi connectivity index (χ1v) is 6.92. The number of benzene rings is 1. The molecule has 1 atom stereocenters. The van der Waals surface area contributed by atoms with E-state index in [4.69, 9.17) is 10.6 Å². The third-order valence-corrected chi connectivity index (χ3v) is 3.53. The Morgan fingerprint density at radius 1 is 1.29 bits per heavy atom. The normalized spacial score (nSPS) is 12.2. The second-order valence-corrected chi connectivity index (χ2v) is 4.76. The molecule has 1 aromatic heterocycles. The van der Waals surface area contributed by atoms with Gasteiger partial charge in [-0.05, 0) is 36.1 Å². The average Bonchev–Trinajstić information content (AvgIpc) is 2.54. The molecule has 0 aliphatic carbocycles. The molecule has 0 saturated carbocycles. The van der Waals surface area contributed by atoms with Crippen molar-refractivity contribution in [2.24, 2.45) is 5.84 Å². The number of nitrogens with zero attached hydrogens (tertiary/aromatic N) is 1. The molecule has 0 aliphatic rings. The first-order chi connectivity index (χ1) is 10.2. The van der Waals surface area contributed by atoms with Crippen LogP contribution >= 0.6 is 0 Å². The number of methoxy groups -OCH3 is 1. The van der Waals surface area contributed by atoms with Crippen LogP contribution in [0.1, 0.15) is 29.8 Å². The fourth-order valence-electron chi connectivity index (χ4n) is 2.39. The van der Waals surface area contributed by atoms with Gasteiger partial charge in [-0.1, -0.05) is 25.1 Å². The number of aryl methyl sites for hydroxylation is 1. The molecular weight excluding hydrogens is 269 g/mol. The molecule has 0 amide bonds. The average molecular weight is 289 g/mol. The highest BCUT2D eigenvalue weighted by Gasteiger charge is 2.18. The lowest BCUT2D eigenvalue weighted by Crippen LogP contribution is -2.31. The van der Waals surface area contributed by atoms with E-state index in [-0.39, 0.29) is 17.6 Å². The fraction of sp³-hybridized carbons (Fsp3) is 0.312. The lowest BCUT2D eigenvalue weighted by molar-refractivity contribution is 0.382. The predicted octanol–water partition coefficient (Wildman–Crippen LogP) is 2.54. The molecule has 1 aromatic carbocycles. The van der Waals surface area contributed by atoms with Gasteiger partial charge in [-0.3, -0.25) is 16.3 Å². The summed E-state index contributed by atoms with van der Waals surface area (Å²) in [5.41, 5.74) is 5.23. The third kappa shape index (κ3) is 3.37. The van der Waals surface area contributed by atoms with Crippen LogP contribution in [0, 0.1) is 5.82 Å². The largest absolute Gasteiger partial charge is 0.494 e. The van der Waals surface area contributed by atoms with Crippen LogP contribution in [0.4, 0.5) is 4.39 Å². The Morgan fingerprint density at radius 2 is 2.05 bits per heavy atom. The van der Waals surface area contributed by atoms with Gasteiger partial charge < -0.3 is 4.74 Å². The molecule has 2 rings (SSSR count). The number of ether oxygens (including phenoxy) is 1. The van der Waals surface area contributed by atoms with Gasteiger partial charge in [0.1, 0.15) is 0 Å². The van der Waals surface area contributed by atoms with Gasteiger partial charge in [0.05, 0.1) is 18.8 Å². The number of halogens is 1. The molecule has 0 fully saturated rings. The molecule has 3 N–H and O–H groups in total. The van der Waals surface area contributed by atoms with E-state index in [2.05, 4.69) is 17.3 Å². The van der Waals surface area contributed by atoms with Crippen molar-refractivity contribution in [1.82, 2.24) is 10.4 Å². The van der Waals surface area contributed by atoms with Crippen molar-refractivity contribution in [3.05, 3.63) is 59.2 Å². The van der Waals surface area contributed by atoms with Crippen LogP contribution in [0.3, 0.4) is 0 Å². The van der Waals surface area contributed by atoms with E-state index in [1.54, 1.807) is 24.4 Å². The zero-order valence-corrected chi connectivity index (χ0v) is 12.3. The van der Waals surface area contributed by atoms with Crippen molar-refractivity contribution < 1.29 is 9.13 Å². The summed E-state index contributed by atoms with van der Waals surface area (Å²) in [6, 6.07) is 8.75. The van der Waals surface area contributed by atoms with Gasteiger partial charge in [0, 0.05) is 6.20 Å². The Kier molecular flexibility index (Phi) is 5.25. The van der Waals surface area contributed by atoms with Crippen molar-refractivity contribution >= 4 is 0 Å². The van der Waals surface area contributed by atoms with E-state index in [9.17, 15) is 4.39 Å². The Bertz CT molecular complexity index is 604. The van der Waals surface area contributed by atoms with Crippen molar-refractivity contribution in [3.8, 4) is 5.75 Å². The molecule has 2 aromatic rings. The molecule has 21 heavy (non-hydrogen) atoms. The quantitative estimate of drug-likeness (QED) is 0.634. The topological polar surface area (TPSA) is 60.2 Å². The molecule has 4 nitrogen and oxygen atoms in total. The molecule has 0 aliphatic heterocycles. The van der Waals surface area contributed by atoms with Crippen molar-refractivity contribution in [2.45, 2.75) is 25.8 Å². The summed E-state index contributed by atoms with van der Waals surface area (Å²) < 4.78 is 19.3. The van der Waals surface area contributed by atoms with Crippen LogP contribution in [0.15, 0.2) is 36.5 Å². The minimum Gasteiger partial charge on any atom is -0.494 e. The van der Waals surface area contributed by atoms with E-state index in [0.29, 0.717) is 12.0 Å². The number of hydrazine groups is 1. The molecule has 0 bridgehead atoms. The molecule has 5 heteroatoms. The molecule has 0 spiro atoms. The highest BCUT2D eigenvalue weighted by atomic mass is 19.1. The van der Waals surface area contributed by atoms with E-state index < -0.39 is 0 Å². The van der Waals surface area contributed by atoms with Gasteiger partial charge in [-0.25, -0.2) is 4.39 Å². The number of aromatic nitrogens is 1. The number of pyridine rings is 1. The van der Waals surface area contributed by atoms with Crippen LogP contribution in [-0.2, 0) is 12.8 Å². The lowest BCUT2D eigenvalue weighted by Gasteiger charge is -2.19. The first-order valence-electron chi connectivity index (χ1n) is 6.92. The molecule has 1 heterocycles. The minimum atomic E-state index is -0.353. The molecule has 1 unspecified atom stereocenters. The summed E-state index contributed by atoms with van der Waals surface area (Å²) in [5.74, 6) is 5.54. The molecule has 112 valence electrons. The minimum absolute atomic E-state index is 0.236. The maximum Gasteiger partial charge on any atom is 0.168 e. The number of hydrogen-bond acceptors (Lipinski definition) is 4. The molecular formula is C16H20FN3O. The Morgan fingerprint density at radius 3 is 2.71 bits per heavy atom. The van der Waals surface area contributed by atoms with E-state index in [0.717, 1.165) is 17.7 Å². The van der Waals surface area contributed by atoms with Crippen LogP contribution in [0.5, 0.6) is 5.75 Å². The Balaban J connectivity index is 2.31. The standard InChI is InChI=1S/C16H20FN3O/c1-3-11-7-5-9-19-16(11)13(20-18)10-12-6-4-8-14(21-2)15(12)17/h4-9,13,20H,3,10,18H2,1-2H3. The highest BCUT2D eigenvalue weighted by Crippen LogP contribution is 2.25. The maximum absolute atomic E-state index is 14.3. The maximum atomic E-state index is 14.3. The molecule has 0 radical (unpaired) electrons. The van der Waals surface area contributed by atoms with Crippen molar-refractivity contribution in [2.75, 3.05) is 7.11 Å². The summed E-state index contributed by atoms with van der Waals surface area (Å²) in [7, 11) is 1.45. The third-order valence-electron chi connectivity index (χ3n) is 3.53. The van der Waals surface area contributed by atoms with Crippen LogP contribution in [-0.4, -0.2) is 12.1 Å². The van der Waals surface area contributed by atoms with Gasteiger partial charge in [0.25, 0.3) is 0 Å². The number of nitrogens with one attached hydrogen (secondary N) is 1.